The molecule has 0 spiro atoms. The summed E-state index contributed by atoms with van der Waals surface area (Å²) in [6.07, 6.45) is -0.455. The molecule has 0 aliphatic heterocycles. The Labute approximate surface area is 74.5 Å². The van der Waals surface area contributed by atoms with Crippen molar-refractivity contribution in [2.75, 3.05) is 6.61 Å². The highest BCUT2D eigenvalue weighted by Crippen LogP contribution is 2.25. The summed E-state index contributed by atoms with van der Waals surface area (Å²) in [5, 5.41) is 3.49. The van der Waals surface area contributed by atoms with Crippen molar-refractivity contribution in [2.45, 2.75) is 37.8 Å². The van der Waals surface area contributed by atoms with Crippen LogP contribution >= 0.6 is 0 Å². The van der Waals surface area contributed by atoms with E-state index in [-0.39, 0.29) is 12.1 Å². The number of azide groups is 1. The summed E-state index contributed by atoms with van der Waals surface area (Å²) in [6, 6.07) is -0.260. The maximum absolute atomic E-state index is 11.8. The third kappa shape index (κ3) is 3.16. The van der Waals surface area contributed by atoms with Crippen LogP contribution in [0.25, 0.3) is 10.4 Å². The lowest BCUT2D eigenvalue weighted by molar-refractivity contribution is -0.0261. The first-order valence-electron chi connectivity index (χ1n) is 4.18. The lowest BCUT2D eigenvalue weighted by Gasteiger charge is -2.15. The highest BCUT2D eigenvalue weighted by molar-refractivity contribution is 4.84. The minimum atomic E-state index is -2.45. The van der Waals surface area contributed by atoms with Crippen molar-refractivity contribution in [3.05, 3.63) is 10.4 Å². The lowest BCUT2D eigenvalue weighted by atomic mass is 10.2. The first-order valence-corrected chi connectivity index (χ1v) is 4.18. The minimum Gasteiger partial charge on any atom is -0.372 e. The van der Waals surface area contributed by atoms with Gasteiger partial charge in [-0.15, -0.1) is 0 Å². The zero-order valence-electron chi connectivity index (χ0n) is 7.07. The maximum atomic E-state index is 11.8. The molecule has 0 bridgehead atoms. The standard InChI is InChI=1S/C7H11F2N3O/c8-7(9)4-13-6-3-1-2-5(6)11-12-10/h5-7H,1-4H2/t5-,6-/m0/s1. The van der Waals surface area contributed by atoms with Crippen molar-refractivity contribution in [3.8, 4) is 0 Å². The van der Waals surface area contributed by atoms with Gasteiger partial charge in [-0.1, -0.05) is 11.5 Å². The van der Waals surface area contributed by atoms with Crippen LogP contribution in [0, 0.1) is 0 Å². The van der Waals surface area contributed by atoms with E-state index in [0.29, 0.717) is 6.42 Å². The van der Waals surface area contributed by atoms with Gasteiger partial charge < -0.3 is 4.74 Å². The minimum absolute atomic E-state index is 0.260. The Morgan fingerprint density at radius 3 is 2.92 bits per heavy atom. The van der Waals surface area contributed by atoms with E-state index in [4.69, 9.17) is 10.3 Å². The van der Waals surface area contributed by atoms with E-state index in [2.05, 4.69) is 10.0 Å². The van der Waals surface area contributed by atoms with Crippen LogP contribution in [-0.2, 0) is 4.74 Å². The Balaban J connectivity index is 2.35. The predicted molar refractivity (Wildman–Crippen MR) is 42.5 cm³/mol. The predicted octanol–water partition coefficient (Wildman–Crippen LogP) is 2.50. The smallest absolute Gasteiger partial charge is 0.261 e. The molecule has 2 atom stereocenters. The third-order valence-electron chi connectivity index (χ3n) is 2.05. The Morgan fingerprint density at radius 1 is 1.54 bits per heavy atom. The van der Waals surface area contributed by atoms with Crippen LogP contribution in [0.2, 0.25) is 0 Å². The second kappa shape index (κ2) is 4.99. The molecule has 0 N–H and O–H groups in total. The van der Waals surface area contributed by atoms with Crippen molar-refractivity contribution in [3.63, 3.8) is 0 Å². The van der Waals surface area contributed by atoms with E-state index in [1.165, 1.54) is 0 Å². The lowest BCUT2D eigenvalue weighted by Crippen LogP contribution is -2.23. The average Bonchev–Trinajstić information content (AvgIpc) is 2.49. The van der Waals surface area contributed by atoms with Crippen LogP contribution < -0.4 is 0 Å². The Morgan fingerprint density at radius 2 is 2.31 bits per heavy atom. The van der Waals surface area contributed by atoms with Gasteiger partial charge in [-0.05, 0) is 18.4 Å². The quantitative estimate of drug-likeness (QED) is 0.382. The maximum Gasteiger partial charge on any atom is 0.261 e. The number of rotatable bonds is 4. The molecule has 0 aromatic carbocycles. The average molecular weight is 191 g/mol. The monoisotopic (exact) mass is 191 g/mol. The molecule has 0 heterocycles. The van der Waals surface area contributed by atoms with Crippen molar-refractivity contribution >= 4 is 0 Å². The van der Waals surface area contributed by atoms with Gasteiger partial charge in [0.25, 0.3) is 6.43 Å². The van der Waals surface area contributed by atoms with Crippen LogP contribution in [0.5, 0.6) is 0 Å². The van der Waals surface area contributed by atoms with Crippen LogP contribution in [0.1, 0.15) is 19.3 Å². The first-order chi connectivity index (χ1) is 6.24. The van der Waals surface area contributed by atoms with E-state index in [0.717, 1.165) is 12.8 Å². The van der Waals surface area contributed by atoms with Crippen molar-refractivity contribution < 1.29 is 13.5 Å². The molecule has 0 aromatic rings. The van der Waals surface area contributed by atoms with Gasteiger partial charge in [-0.3, -0.25) is 0 Å². The van der Waals surface area contributed by atoms with Gasteiger partial charge >= 0.3 is 0 Å². The van der Waals surface area contributed by atoms with Gasteiger partial charge in [0.15, 0.2) is 0 Å². The Hall–Kier alpha value is -0.870. The molecular weight excluding hydrogens is 180 g/mol. The SMILES string of the molecule is [N-]=[N+]=N[C@H]1CCC[C@@H]1OCC(F)F. The van der Waals surface area contributed by atoms with Gasteiger partial charge in [0.2, 0.25) is 0 Å². The number of halogens is 2. The Bertz CT molecular complexity index is 206. The van der Waals surface area contributed by atoms with Gasteiger partial charge in [-0.25, -0.2) is 8.78 Å². The number of nitrogens with zero attached hydrogens (tertiary/aromatic N) is 3. The normalized spacial score (nSPS) is 27.6. The molecule has 6 heteroatoms. The number of hydrogen-bond acceptors (Lipinski definition) is 2. The van der Waals surface area contributed by atoms with E-state index < -0.39 is 13.0 Å². The molecular formula is C7H11F2N3O. The van der Waals surface area contributed by atoms with Gasteiger partial charge in [-0.2, -0.15) is 0 Å². The zero-order chi connectivity index (χ0) is 9.68. The topological polar surface area (TPSA) is 58.0 Å². The van der Waals surface area contributed by atoms with E-state index >= 15 is 0 Å². The fourth-order valence-electron chi connectivity index (χ4n) is 1.50. The highest BCUT2D eigenvalue weighted by Gasteiger charge is 2.27. The third-order valence-corrected chi connectivity index (χ3v) is 2.05. The summed E-state index contributed by atoms with van der Waals surface area (Å²) in [7, 11) is 0. The fourth-order valence-corrected chi connectivity index (χ4v) is 1.50. The summed E-state index contributed by atoms with van der Waals surface area (Å²) in [5.74, 6) is 0. The van der Waals surface area contributed by atoms with Crippen LogP contribution in [0.4, 0.5) is 8.78 Å². The number of ether oxygens (including phenoxy) is 1. The molecule has 1 aliphatic rings. The summed E-state index contributed by atoms with van der Waals surface area (Å²) < 4.78 is 28.5. The molecule has 1 fully saturated rings. The number of hydrogen-bond donors (Lipinski definition) is 0. The largest absolute Gasteiger partial charge is 0.372 e. The molecule has 74 valence electrons. The molecule has 1 saturated carbocycles. The van der Waals surface area contributed by atoms with Crippen LogP contribution in [0.15, 0.2) is 5.11 Å². The van der Waals surface area contributed by atoms with Crippen molar-refractivity contribution in [2.24, 2.45) is 5.11 Å². The molecule has 1 aliphatic carbocycles. The summed E-state index contributed by atoms with van der Waals surface area (Å²) >= 11 is 0. The molecule has 0 unspecified atom stereocenters. The second-order valence-corrected chi connectivity index (χ2v) is 2.97. The van der Waals surface area contributed by atoms with Crippen LogP contribution in [0.3, 0.4) is 0 Å². The van der Waals surface area contributed by atoms with Crippen molar-refractivity contribution in [1.82, 2.24) is 0 Å². The van der Waals surface area contributed by atoms with Gasteiger partial charge in [0, 0.05) is 4.91 Å². The molecule has 1 rings (SSSR count). The van der Waals surface area contributed by atoms with Crippen LogP contribution in [-0.4, -0.2) is 25.2 Å². The van der Waals surface area contributed by atoms with E-state index in [9.17, 15) is 8.78 Å². The number of alkyl halides is 2. The highest BCUT2D eigenvalue weighted by atomic mass is 19.3. The molecule has 0 amide bonds. The van der Waals surface area contributed by atoms with E-state index in [1.807, 2.05) is 0 Å². The van der Waals surface area contributed by atoms with E-state index in [1.54, 1.807) is 0 Å². The molecule has 0 aromatic heterocycles. The molecule has 0 radical (unpaired) electrons. The zero-order valence-corrected chi connectivity index (χ0v) is 7.07. The molecule has 13 heavy (non-hydrogen) atoms. The van der Waals surface area contributed by atoms with Gasteiger partial charge in [0.1, 0.15) is 6.61 Å². The summed E-state index contributed by atoms with van der Waals surface area (Å²) in [4.78, 5) is 2.65. The second-order valence-electron chi connectivity index (χ2n) is 2.97. The molecule has 0 saturated heterocycles. The van der Waals surface area contributed by atoms with Gasteiger partial charge in [0.05, 0.1) is 12.1 Å². The first kappa shape index (κ1) is 10.2. The fraction of sp³-hybridized carbons (Fsp3) is 1.00. The van der Waals surface area contributed by atoms with Crippen molar-refractivity contribution in [1.29, 1.82) is 0 Å². The summed E-state index contributed by atoms with van der Waals surface area (Å²) in [5.41, 5.74) is 8.18. The summed E-state index contributed by atoms with van der Waals surface area (Å²) in [6.45, 7) is -0.567. The molecule has 4 nitrogen and oxygen atoms in total. The Kier molecular flexibility index (Phi) is 3.92.